The molecule has 0 fully saturated rings. The van der Waals surface area contributed by atoms with Gasteiger partial charge in [-0.25, -0.2) is 4.79 Å². The van der Waals surface area contributed by atoms with Gasteiger partial charge in [-0.2, -0.15) is 0 Å². The Bertz CT molecular complexity index is 1230. The van der Waals surface area contributed by atoms with Crippen LogP contribution < -0.4 is 10.1 Å². The first-order chi connectivity index (χ1) is 15.1. The van der Waals surface area contributed by atoms with E-state index in [0.29, 0.717) is 6.54 Å². The molecule has 6 heteroatoms. The van der Waals surface area contributed by atoms with Crippen molar-refractivity contribution in [2.75, 3.05) is 19.0 Å². The summed E-state index contributed by atoms with van der Waals surface area (Å²) in [4.78, 5) is 18.8. The summed E-state index contributed by atoms with van der Waals surface area (Å²) in [5, 5.41) is 4.28. The van der Waals surface area contributed by atoms with Gasteiger partial charge < -0.3 is 19.9 Å². The number of H-pyrrole nitrogens is 1. The maximum atomic E-state index is 13.3. The average Bonchev–Trinajstić information content (AvgIpc) is 3.19. The molecular weight excluding hydrogens is 454 g/mol. The lowest BCUT2D eigenvalue weighted by atomic mass is 9.92. The fraction of sp³-hybridized carbons (Fsp3) is 0.160. The first-order valence-electron chi connectivity index (χ1n) is 10.2. The Labute approximate surface area is 189 Å². The van der Waals surface area contributed by atoms with E-state index in [2.05, 4.69) is 44.4 Å². The molecule has 1 aliphatic rings. The summed E-state index contributed by atoms with van der Waals surface area (Å²) in [7, 11) is 1.66. The van der Waals surface area contributed by atoms with Gasteiger partial charge in [0.1, 0.15) is 5.75 Å². The highest BCUT2D eigenvalue weighted by Gasteiger charge is 2.34. The Morgan fingerprint density at radius 1 is 1.06 bits per heavy atom. The van der Waals surface area contributed by atoms with Gasteiger partial charge in [0.15, 0.2) is 0 Å². The summed E-state index contributed by atoms with van der Waals surface area (Å²) >= 11 is 3.44. The van der Waals surface area contributed by atoms with E-state index in [9.17, 15) is 4.79 Å². The molecule has 0 spiro atoms. The number of hydrogen-bond acceptors (Lipinski definition) is 2. The van der Waals surface area contributed by atoms with Crippen LogP contribution in [0.5, 0.6) is 5.75 Å². The molecule has 2 amide bonds. The number of urea groups is 1. The van der Waals surface area contributed by atoms with E-state index in [-0.39, 0.29) is 12.1 Å². The van der Waals surface area contributed by atoms with E-state index >= 15 is 0 Å². The van der Waals surface area contributed by atoms with Crippen LogP contribution in [-0.2, 0) is 6.42 Å². The summed E-state index contributed by atoms with van der Waals surface area (Å²) in [6.07, 6.45) is 0.805. The molecule has 0 saturated carbocycles. The number of ether oxygens (including phenoxy) is 1. The molecule has 156 valence electrons. The number of fused-ring (bicyclic) bond motifs is 3. The number of carbonyl (C=O) groups excluding carboxylic acids is 1. The van der Waals surface area contributed by atoms with Gasteiger partial charge in [0.05, 0.1) is 13.2 Å². The van der Waals surface area contributed by atoms with E-state index in [1.54, 1.807) is 7.11 Å². The van der Waals surface area contributed by atoms with Crippen LogP contribution in [-0.4, -0.2) is 29.6 Å². The number of para-hydroxylation sites is 1. The lowest BCUT2D eigenvalue weighted by Crippen LogP contribution is -2.43. The van der Waals surface area contributed by atoms with Crippen LogP contribution in [0.15, 0.2) is 77.3 Å². The van der Waals surface area contributed by atoms with Crippen LogP contribution in [0.1, 0.15) is 22.9 Å². The zero-order valence-corrected chi connectivity index (χ0v) is 18.6. The first kappa shape index (κ1) is 19.7. The maximum absolute atomic E-state index is 13.3. The molecule has 3 aromatic carbocycles. The van der Waals surface area contributed by atoms with Crippen LogP contribution in [0.2, 0.25) is 0 Å². The summed E-state index contributed by atoms with van der Waals surface area (Å²) in [5.74, 6) is 0.794. The van der Waals surface area contributed by atoms with Crippen LogP contribution in [0, 0.1) is 0 Å². The summed E-state index contributed by atoms with van der Waals surface area (Å²) in [6.45, 7) is 0.633. The number of anilines is 1. The van der Waals surface area contributed by atoms with Crippen molar-refractivity contribution in [1.82, 2.24) is 9.88 Å². The number of methoxy groups -OCH3 is 1. The van der Waals surface area contributed by atoms with E-state index in [1.165, 1.54) is 10.9 Å². The fourth-order valence-corrected chi connectivity index (χ4v) is 4.59. The van der Waals surface area contributed by atoms with E-state index in [4.69, 9.17) is 4.74 Å². The molecule has 1 aromatic heterocycles. The Morgan fingerprint density at radius 3 is 2.55 bits per heavy atom. The highest BCUT2D eigenvalue weighted by molar-refractivity contribution is 9.10. The molecule has 4 aromatic rings. The molecule has 0 bridgehead atoms. The van der Waals surface area contributed by atoms with Gasteiger partial charge in [0, 0.05) is 33.3 Å². The number of aromatic amines is 1. The van der Waals surface area contributed by atoms with Crippen molar-refractivity contribution >= 4 is 38.6 Å². The zero-order valence-electron chi connectivity index (χ0n) is 17.1. The average molecular weight is 476 g/mol. The smallest absolute Gasteiger partial charge is 0.322 e. The molecule has 2 heterocycles. The number of nitrogens with one attached hydrogen (secondary N) is 2. The lowest BCUT2D eigenvalue weighted by Gasteiger charge is -2.36. The summed E-state index contributed by atoms with van der Waals surface area (Å²) in [6, 6.07) is 23.6. The number of amides is 2. The predicted octanol–water partition coefficient (Wildman–Crippen LogP) is 6.12. The van der Waals surface area contributed by atoms with Crippen molar-refractivity contribution in [1.29, 1.82) is 0 Å². The third kappa shape index (κ3) is 3.68. The van der Waals surface area contributed by atoms with Crippen molar-refractivity contribution in [2.45, 2.75) is 12.5 Å². The lowest BCUT2D eigenvalue weighted by molar-refractivity contribution is 0.193. The number of benzene rings is 3. The second-order valence-corrected chi connectivity index (χ2v) is 8.53. The Morgan fingerprint density at radius 2 is 1.81 bits per heavy atom. The van der Waals surface area contributed by atoms with Crippen molar-refractivity contribution in [2.24, 2.45) is 0 Å². The highest BCUT2D eigenvalue weighted by atomic mass is 79.9. The van der Waals surface area contributed by atoms with Crippen LogP contribution >= 0.6 is 15.9 Å². The van der Waals surface area contributed by atoms with E-state index in [0.717, 1.165) is 39.1 Å². The molecule has 31 heavy (non-hydrogen) atoms. The van der Waals surface area contributed by atoms with Gasteiger partial charge in [0.25, 0.3) is 0 Å². The van der Waals surface area contributed by atoms with Crippen molar-refractivity contribution in [3.05, 3.63) is 94.1 Å². The second-order valence-electron chi connectivity index (χ2n) is 7.62. The summed E-state index contributed by atoms with van der Waals surface area (Å²) < 4.78 is 6.31. The predicted molar refractivity (Wildman–Crippen MR) is 127 cm³/mol. The molecule has 5 rings (SSSR count). The third-order valence-corrected chi connectivity index (χ3v) is 6.35. The fourth-order valence-electron chi connectivity index (χ4n) is 4.32. The number of halogens is 1. The Balaban J connectivity index is 1.56. The van der Waals surface area contributed by atoms with Gasteiger partial charge in [-0.1, -0.05) is 46.3 Å². The molecule has 5 nitrogen and oxygen atoms in total. The number of carbonyl (C=O) groups is 1. The first-order valence-corrected chi connectivity index (χ1v) is 11.0. The molecule has 0 radical (unpaired) electrons. The highest BCUT2D eigenvalue weighted by Crippen LogP contribution is 2.39. The van der Waals surface area contributed by atoms with Crippen molar-refractivity contribution in [3.8, 4) is 5.75 Å². The number of nitrogens with zero attached hydrogens (tertiary/aromatic N) is 1. The molecule has 0 saturated heterocycles. The minimum absolute atomic E-state index is 0.118. The number of hydrogen-bond donors (Lipinski definition) is 2. The standard InChI is InChI=1S/C25H22BrN3O2/c1-31-19-12-6-16(7-13-19)24-23-21(20-4-2-3-5-22(20)28-23)14-15-29(24)25(30)27-18-10-8-17(26)9-11-18/h2-13,24,28H,14-15H2,1H3,(H,27,30). The van der Waals surface area contributed by atoms with Crippen LogP contribution in [0.4, 0.5) is 10.5 Å². The Hall–Kier alpha value is -3.25. The number of aromatic nitrogens is 1. The van der Waals surface area contributed by atoms with Gasteiger partial charge in [-0.15, -0.1) is 0 Å². The largest absolute Gasteiger partial charge is 0.497 e. The van der Waals surface area contributed by atoms with Gasteiger partial charge in [-0.05, 0) is 60.0 Å². The molecule has 1 atom stereocenters. The van der Waals surface area contributed by atoms with Gasteiger partial charge >= 0.3 is 6.03 Å². The van der Waals surface area contributed by atoms with Crippen molar-refractivity contribution < 1.29 is 9.53 Å². The minimum atomic E-state index is -0.211. The topological polar surface area (TPSA) is 57.4 Å². The molecule has 1 unspecified atom stereocenters. The minimum Gasteiger partial charge on any atom is -0.497 e. The van der Waals surface area contributed by atoms with E-state index in [1.807, 2.05) is 59.5 Å². The van der Waals surface area contributed by atoms with E-state index < -0.39 is 0 Å². The van der Waals surface area contributed by atoms with Crippen molar-refractivity contribution in [3.63, 3.8) is 0 Å². The Kier molecular flexibility index (Phi) is 5.16. The summed E-state index contributed by atoms with van der Waals surface area (Å²) in [5.41, 5.74) is 5.26. The third-order valence-electron chi connectivity index (χ3n) is 5.82. The quantitative estimate of drug-likeness (QED) is 0.375. The molecule has 1 aliphatic heterocycles. The second kappa shape index (κ2) is 8.12. The number of rotatable bonds is 3. The molecular formula is C25H22BrN3O2. The van der Waals surface area contributed by atoms with Crippen LogP contribution in [0.25, 0.3) is 10.9 Å². The monoisotopic (exact) mass is 475 g/mol. The van der Waals surface area contributed by atoms with Gasteiger partial charge in [0.2, 0.25) is 0 Å². The van der Waals surface area contributed by atoms with Gasteiger partial charge in [-0.3, -0.25) is 0 Å². The van der Waals surface area contributed by atoms with Crippen LogP contribution in [0.3, 0.4) is 0 Å². The SMILES string of the molecule is COc1ccc(C2c3[nH]c4ccccc4c3CCN2C(=O)Nc2ccc(Br)cc2)cc1. The molecule has 2 N–H and O–H groups in total. The zero-order chi connectivity index (χ0) is 21.4. The normalized spacial score (nSPS) is 15.5. The molecule has 0 aliphatic carbocycles. The maximum Gasteiger partial charge on any atom is 0.322 e.